The van der Waals surface area contributed by atoms with Crippen molar-refractivity contribution in [2.24, 2.45) is 4.99 Å². The van der Waals surface area contributed by atoms with Crippen molar-refractivity contribution in [3.63, 3.8) is 0 Å². The van der Waals surface area contributed by atoms with Gasteiger partial charge in [-0.05, 0) is 30.0 Å². The minimum atomic E-state index is 0.645. The van der Waals surface area contributed by atoms with Crippen LogP contribution in [-0.4, -0.2) is 18.0 Å². The second-order valence-electron chi connectivity index (χ2n) is 5.48. The summed E-state index contributed by atoms with van der Waals surface area (Å²) in [7, 11) is 1.79. The maximum atomic E-state index is 4.50. The Hall–Kier alpha value is -2.40. The number of aliphatic imine (C=N–C) groups is 1. The van der Waals surface area contributed by atoms with Gasteiger partial charge in [0.25, 0.3) is 0 Å². The minimum absolute atomic E-state index is 0.645. The number of benzene rings is 1. The molecule has 0 radical (unpaired) electrons. The van der Waals surface area contributed by atoms with Gasteiger partial charge in [0.05, 0.1) is 18.8 Å². The van der Waals surface area contributed by atoms with Gasteiger partial charge < -0.3 is 10.6 Å². The highest BCUT2D eigenvalue weighted by atomic mass is 32.1. The zero-order valence-corrected chi connectivity index (χ0v) is 14.9. The summed E-state index contributed by atoms with van der Waals surface area (Å²) in [5.74, 6) is 0.788. The highest BCUT2D eigenvalue weighted by Gasteiger charge is 2.04. The topological polar surface area (TPSA) is 49.3 Å². The van der Waals surface area contributed by atoms with E-state index in [2.05, 4.69) is 51.8 Å². The molecule has 3 aromatic rings. The Morgan fingerprint density at radius 3 is 2.62 bits per heavy atom. The Bertz CT molecular complexity index is 833. The maximum absolute atomic E-state index is 4.50. The fraction of sp³-hybridized carbons (Fsp3) is 0.263. The molecule has 0 spiro atoms. The van der Waals surface area contributed by atoms with Crippen LogP contribution in [0.5, 0.6) is 0 Å². The van der Waals surface area contributed by atoms with Crippen molar-refractivity contribution >= 4 is 28.1 Å². The van der Waals surface area contributed by atoms with Crippen LogP contribution in [0.3, 0.4) is 0 Å². The molecule has 0 aliphatic rings. The first-order valence-electron chi connectivity index (χ1n) is 8.15. The van der Waals surface area contributed by atoms with Gasteiger partial charge in [0.15, 0.2) is 5.96 Å². The van der Waals surface area contributed by atoms with Crippen LogP contribution < -0.4 is 10.6 Å². The highest BCUT2D eigenvalue weighted by molar-refractivity contribution is 7.11. The molecular weight excluding hydrogens is 316 g/mol. The zero-order valence-electron chi connectivity index (χ0n) is 14.0. The summed E-state index contributed by atoms with van der Waals surface area (Å²) in [5.41, 5.74) is 1.03. The number of guanidine groups is 1. The van der Waals surface area contributed by atoms with Gasteiger partial charge in [-0.3, -0.25) is 9.98 Å². The fourth-order valence-electron chi connectivity index (χ4n) is 2.59. The number of nitrogens with zero attached hydrogens (tertiary/aromatic N) is 2. The minimum Gasteiger partial charge on any atom is -0.352 e. The molecule has 0 aliphatic carbocycles. The normalized spacial score (nSPS) is 11.7. The summed E-state index contributed by atoms with van der Waals surface area (Å²) < 4.78 is 0. The number of hydrogen-bond donors (Lipinski definition) is 2. The van der Waals surface area contributed by atoms with Crippen molar-refractivity contribution in [3.8, 4) is 0 Å². The van der Waals surface area contributed by atoms with Crippen LogP contribution in [0.15, 0.2) is 53.7 Å². The number of fused-ring (bicyclic) bond motifs is 1. The molecule has 0 aliphatic heterocycles. The van der Waals surface area contributed by atoms with Gasteiger partial charge in [0, 0.05) is 28.4 Å². The van der Waals surface area contributed by atoms with Crippen molar-refractivity contribution in [1.82, 2.24) is 15.6 Å². The van der Waals surface area contributed by atoms with E-state index in [4.69, 9.17) is 0 Å². The molecule has 2 aromatic heterocycles. The first kappa shape index (κ1) is 16.5. The second-order valence-corrected chi connectivity index (χ2v) is 6.73. The smallest absolute Gasteiger partial charge is 0.191 e. The molecule has 0 saturated carbocycles. The van der Waals surface area contributed by atoms with Gasteiger partial charge >= 0.3 is 0 Å². The first-order chi connectivity index (χ1) is 11.8. The molecule has 0 amide bonds. The Morgan fingerprint density at radius 1 is 1.04 bits per heavy atom. The molecule has 0 saturated heterocycles. The van der Waals surface area contributed by atoms with E-state index < -0.39 is 0 Å². The standard InChI is InChI=1S/C19H22N4S/c1-3-15-8-9-16(24-15)12-22-19(20-2)23-13-18-17-7-5-4-6-14(17)10-11-21-18/h4-11H,3,12-13H2,1-2H3,(H2,20,22,23). The van der Waals surface area contributed by atoms with Crippen molar-refractivity contribution < 1.29 is 0 Å². The molecular formula is C19H22N4S. The highest BCUT2D eigenvalue weighted by Crippen LogP contribution is 2.17. The van der Waals surface area contributed by atoms with Gasteiger partial charge in [0.2, 0.25) is 0 Å². The van der Waals surface area contributed by atoms with E-state index in [9.17, 15) is 0 Å². The number of thiophene rings is 1. The average Bonchev–Trinajstić information content (AvgIpc) is 3.10. The number of hydrogen-bond acceptors (Lipinski definition) is 3. The molecule has 1 aromatic carbocycles. The summed E-state index contributed by atoms with van der Waals surface area (Å²) in [6.07, 6.45) is 2.94. The van der Waals surface area contributed by atoms with Crippen LogP contribution in [0, 0.1) is 0 Å². The van der Waals surface area contributed by atoms with Crippen LogP contribution in [0.4, 0.5) is 0 Å². The SMILES string of the molecule is CCc1ccc(CNC(=NC)NCc2nccc3ccccc23)s1. The van der Waals surface area contributed by atoms with E-state index in [-0.39, 0.29) is 0 Å². The van der Waals surface area contributed by atoms with Gasteiger partial charge in [-0.25, -0.2) is 0 Å². The number of aryl methyl sites for hydroxylation is 1. The molecule has 124 valence electrons. The van der Waals surface area contributed by atoms with Crippen molar-refractivity contribution in [2.45, 2.75) is 26.4 Å². The van der Waals surface area contributed by atoms with E-state index in [0.717, 1.165) is 24.6 Å². The molecule has 4 nitrogen and oxygen atoms in total. The lowest BCUT2D eigenvalue weighted by Crippen LogP contribution is -2.36. The molecule has 0 atom stereocenters. The van der Waals surface area contributed by atoms with Crippen molar-refractivity contribution in [1.29, 1.82) is 0 Å². The van der Waals surface area contributed by atoms with Crippen LogP contribution in [0.25, 0.3) is 10.8 Å². The summed E-state index contributed by atoms with van der Waals surface area (Å²) in [4.78, 5) is 11.5. The molecule has 24 heavy (non-hydrogen) atoms. The van der Waals surface area contributed by atoms with Gasteiger partial charge in [-0.15, -0.1) is 11.3 Å². The number of pyridine rings is 1. The van der Waals surface area contributed by atoms with E-state index in [0.29, 0.717) is 6.54 Å². The lowest BCUT2D eigenvalue weighted by molar-refractivity contribution is 0.804. The first-order valence-corrected chi connectivity index (χ1v) is 8.96. The molecule has 0 fully saturated rings. The van der Waals surface area contributed by atoms with Crippen LogP contribution in [0.1, 0.15) is 22.4 Å². The van der Waals surface area contributed by atoms with E-state index in [1.54, 1.807) is 7.05 Å². The lowest BCUT2D eigenvalue weighted by atomic mass is 10.1. The third-order valence-electron chi connectivity index (χ3n) is 3.90. The van der Waals surface area contributed by atoms with E-state index >= 15 is 0 Å². The predicted octanol–water partition coefficient (Wildman–Crippen LogP) is 3.72. The van der Waals surface area contributed by atoms with Crippen molar-refractivity contribution in [2.75, 3.05) is 7.05 Å². The quantitative estimate of drug-likeness (QED) is 0.550. The van der Waals surface area contributed by atoms with Crippen LogP contribution in [0.2, 0.25) is 0 Å². The number of nitrogens with one attached hydrogen (secondary N) is 2. The fourth-order valence-corrected chi connectivity index (χ4v) is 3.49. The van der Waals surface area contributed by atoms with Crippen LogP contribution >= 0.6 is 11.3 Å². The Labute approximate surface area is 146 Å². The molecule has 2 N–H and O–H groups in total. The lowest BCUT2D eigenvalue weighted by Gasteiger charge is -2.12. The van der Waals surface area contributed by atoms with E-state index in [1.165, 1.54) is 20.5 Å². The third kappa shape index (κ3) is 3.92. The summed E-state index contributed by atoms with van der Waals surface area (Å²) in [6.45, 7) is 3.61. The Morgan fingerprint density at radius 2 is 1.83 bits per heavy atom. The van der Waals surface area contributed by atoms with E-state index in [1.807, 2.05) is 35.7 Å². The van der Waals surface area contributed by atoms with Gasteiger partial charge in [-0.2, -0.15) is 0 Å². The van der Waals surface area contributed by atoms with Gasteiger partial charge in [-0.1, -0.05) is 31.2 Å². The summed E-state index contributed by atoms with van der Waals surface area (Å²) in [5, 5.41) is 9.09. The second kappa shape index (κ2) is 7.93. The maximum Gasteiger partial charge on any atom is 0.191 e. The monoisotopic (exact) mass is 338 g/mol. The average molecular weight is 338 g/mol. The third-order valence-corrected chi connectivity index (χ3v) is 5.13. The molecule has 2 heterocycles. The van der Waals surface area contributed by atoms with Crippen LogP contribution in [-0.2, 0) is 19.5 Å². The zero-order chi connectivity index (χ0) is 16.8. The number of aromatic nitrogens is 1. The molecule has 0 bridgehead atoms. The molecule has 5 heteroatoms. The Kier molecular flexibility index (Phi) is 5.43. The Balaban J connectivity index is 1.61. The largest absolute Gasteiger partial charge is 0.352 e. The van der Waals surface area contributed by atoms with Gasteiger partial charge in [0.1, 0.15) is 0 Å². The number of rotatable bonds is 5. The molecule has 3 rings (SSSR count). The predicted molar refractivity (Wildman–Crippen MR) is 102 cm³/mol. The summed E-state index contributed by atoms with van der Waals surface area (Å²) in [6, 6.07) is 14.7. The summed E-state index contributed by atoms with van der Waals surface area (Å²) >= 11 is 1.84. The van der Waals surface area contributed by atoms with Crippen molar-refractivity contribution in [3.05, 3.63) is 64.1 Å². The molecule has 0 unspecified atom stereocenters.